The van der Waals surface area contributed by atoms with Gasteiger partial charge in [-0.1, -0.05) is 62.8 Å². The molecule has 4 N–H and O–H groups in total. The Balaban J connectivity index is 1.09. The number of carbonyl (C=O) groups excluding carboxylic acids is 2. The standard InChI is InChI=1S/C50H70N4O7/c1-7-24-57-27-21-47(55)52-22-9-25-58-28-30-60-31-29-59-26-10-23-53-49(56)43-16-12-40(13-17-43)36-61-44-19-18-42(38(4)32-44)15-14-41-33-45(48(39(5)51)54-35-41)46-20-11-37(3)34-50(46,6)8-2/h11-13,16-20,32-35H,7-10,14-15,21-31,36,51H2,1-6H3,(H,52,55)(H,53,56)/b46-45-,48-39-. The molecule has 0 saturated carbocycles. The first-order valence-corrected chi connectivity index (χ1v) is 22.0. The topological polar surface area (TPSA) is 143 Å². The maximum absolute atomic E-state index is 12.7. The van der Waals surface area contributed by atoms with Gasteiger partial charge in [0.25, 0.3) is 5.91 Å². The molecule has 1 aliphatic rings. The quantitative estimate of drug-likeness (QED) is 0.0742. The minimum atomic E-state index is -0.117. The molecule has 0 fully saturated rings. The minimum absolute atomic E-state index is 0.00279. The second-order valence-electron chi connectivity index (χ2n) is 15.9. The van der Waals surface area contributed by atoms with Gasteiger partial charge in [0, 0.05) is 67.4 Å². The van der Waals surface area contributed by atoms with Crippen LogP contribution in [0.5, 0.6) is 5.75 Å². The molecule has 4 rings (SSSR count). The zero-order valence-electron chi connectivity index (χ0n) is 37.5. The summed E-state index contributed by atoms with van der Waals surface area (Å²) < 4.78 is 28.2. The van der Waals surface area contributed by atoms with Crippen LogP contribution in [-0.2, 0) is 43.2 Å². The molecule has 61 heavy (non-hydrogen) atoms. The highest BCUT2D eigenvalue weighted by molar-refractivity contribution is 5.94. The Kier molecular flexibility index (Phi) is 21.2. The van der Waals surface area contributed by atoms with E-state index >= 15 is 0 Å². The normalized spacial score (nSPS) is 16.3. The summed E-state index contributed by atoms with van der Waals surface area (Å²) in [4.78, 5) is 29.2. The highest BCUT2D eigenvalue weighted by atomic mass is 16.5. The van der Waals surface area contributed by atoms with Crippen molar-refractivity contribution in [2.75, 3.05) is 65.9 Å². The monoisotopic (exact) mass is 839 g/mol. The van der Waals surface area contributed by atoms with Crippen LogP contribution in [0, 0.1) is 12.3 Å². The van der Waals surface area contributed by atoms with E-state index < -0.39 is 0 Å². The van der Waals surface area contributed by atoms with Gasteiger partial charge in [-0.05, 0) is 117 Å². The lowest BCUT2D eigenvalue weighted by atomic mass is 9.74. The average Bonchev–Trinajstić information content (AvgIpc) is 3.25. The Bertz CT molecular complexity index is 2020. The van der Waals surface area contributed by atoms with Crippen LogP contribution in [0.4, 0.5) is 0 Å². The lowest BCUT2D eigenvalue weighted by Gasteiger charge is -2.30. The van der Waals surface area contributed by atoms with Crippen molar-refractivity contribution in [3.8, 4) is 5.75 Å². The zero-order chi connectivity index (χ0) is 43.9. The van der Waals surface area contributed by atoms with Gasteiger partial charge in [-0.25, -0.2) is 0 Å². The second kappa shape index (κ2) is 26.5. The number of hydrogen-bond donors (Lipinski definition) is 3. The van der Waals surface area contributed by atoms with E-state index in [1.165, 1.54) is 27.8 Å². The van der Waals surface area contributed by atoms with Gasteiger partial charge < -0.3 is 40.1 Å². The first-order chi connectivity index (χ1) is 29.5. The van der Waals surface area contributed by atoms with Crippen LogP contribution in [0.3, 0.4) is 0 Å². The summed E-state index contributed by atoms with van der Waals surface area (Å²) in [7, 11) is 0. The molecule has 2 amide bonds. The maximum atomic E-state index is 12.7. The summed E-state index contributed by atoms with van der Waals surface area (Å²) in [6.45, 7) is 18.5. The molecule has 1 atom stereocenters. The van der Waals surface area contributed by atoms with Gasteiger partial charge in [-0.2, -0.15) is 0 Å². The predicted molar refractivity (Wildman–Crippen MR) is 244 cm³/mol. The Labute approximate surface area is 363 Å². The molecule has 2 aromatic carbocycles. The summed E-state index contributed by atoms with van der Waals surface area (Å²) in [6.07, 6.45) is 14.3. The predicted octanol–water partition coefficient (Wildman–Crippen LogP) is 6.42. The SMILES string of the molecule is CCCOCCC(=O)NCCCOCCOCCOCCCNC(=O)c1ccc(COc2ccc(CCc3cnc(=C(/C)N)/c(=C4/C=CC(C)=CC4(C)CC)c3)c(C)c2)cc1. The van der Waals surface area contributed by atoms with Gasteiger partial charge in [-0.3, -0.25) is 14.6 Å². The van der Waals surface area contributed by atoms with Crippen molar-refractivity contribution in [3.63, 3.8) is 0 Å². The second-order valence-corrected chi connectivity index (χ2v) is 15.9. The van der Waals surface area contributed by atoms with Crippen molar-refractivity contribution in [1.82, 2.24) is 15.6 Å². The third kappa shape index (κ3) is 16.9. The Morgan fingerprint density at radius 3 is 2.10 bits per heavy atom. The molecule has 11 nitrogen and oxygen atoms in total. The number of carbonyl (C=O) groups is 2. The number of rotatable bonds is 27. The van der Waals surface area contributed by atoms with Crippen molar-refractivity contribution in [1.29, 1.82) is 0 Å². The van der Waals surface area contributed by atoms with E-state index in [-0.39, 0.29) is 17.2 Å². The highest BCUT2D eigenvalue weighted by Crippen LogP contribution is 2.38. The largest absolute Gasteiger partial charge is 0.489 e. The fourth-order valence-electron chi connectivity index (χ4n) is 7.05. The van der Waals surface area contributed by atoms with Gasteiger partial charge in [0.1, 0.15) is 12.4 Å². The first kappa shape index (κ1) is 48.9. The number of aromatic nitrogens is 1. The van der Waals surface area contributed by atoms with Crippen LogP contribution in [0.15, 0.2) is 78.5 Å². The lowest BCUT2D eigenvalue weighted by Crippen LogP contribution is -2.38. The maximum Gasteiger partial charge on any atom is 0.251 e. The van der Waals surface area contributed by atoms with Crippen LogP contribution in [0.1, 0.15) is 99.3 Å². The Morgan fingerprint density at radius 1 is 0.770 bits per heavy atom. The van der Waals surface area contributed by atoms with Crippen LogP contribution in [-0.4, -0.2) is 82.7 Å². The number of benzene rings is 2. The number of amides is 2. The molecule has 0 radical (unpaired) electrons. The molecule has 1 heterocycles. The molecule has 0 spiro atoms. The fourth-order valence-corrected chi connectivity index (χ4v) is 7.05. The first-order valence-electron chi connectivity index (χ1n) is 22.0. The lowest BCUT2D eigenvalue weighted by molar-refractivity contribution is -0.122. The molecule has 11 heteroatoms. The van der Waals surface area contributed by atoms with E-state index in [0.29, 0.717) is 91.0 Å². The highest BCUT2D eigenvalue weighted by Gasteiger charge is 2.26. The number of ether oxygens (including phenoxy) is 5. The number of nitrogens with two attached hydrogens (primary N) is 1. The number of pyridine rings is 1. The van der Waals surface area contributed by atoms with Gasteiger partial charge in [-0.15, -0.1) is 0 Å². The molecular weight excluding hydrogens is 769 g/mol. The molecular formula is C50H70N4O7. The number of allylic oxidation sites excluding steroid dienone is 4. The van der Waals surface area contributed by atoms with E-state index in [2.05, 4.69) is 74.8 Å². The summed E-state index contributed by atoms with van der Waals surface area (Å²) in [5, 5.41) is 7.80. The zero-order valence-corrected chi connectivity index (χ0v) is 37.5. The minimum Gasteiger partial charge on any atom is -0.489 e. The van der Waals surface area contributed by atoms with Crippen LogP contribution in [0.2, 0.25) is 0 Å². The van der Waals surface area contributed by atoms with E-state index in [0.717, 1.165) is 59.7 Å². The van der Waals surface area contributed by atoms with Crippen LogP contribution in [0.25, 0.3) is 11.3 Å². The molecule has 0 aliphatic heterocycles. The molecule has 0 saturated heterocycles. The van der Waals surface area contributed by atoms with E-state index in [1.54, 1.807) is 0 Å². The van der Waals surface area contributed by atoms with Crippen LogP contribution >= 0.6 is 0 Å². The number of hydrogen-bond acceptors (Lipinski definition) is 9. The smallest absolute Gasteiger partial charge is 0.251 e. The average molecular weight is 839 g/mol. The van der Waals surface area contributed by atoms with Gasteiger partial charge in [0.15, 0.2) is 0 Å². The van der Waals surface area contributed by atoms with Gasteiger partial charge >= 0.3 is 0 Å². The molecule has 332 valence electrons. The molecule has 3 aromatic rings. The van der Waals surface area contributed by atoms with Crippen molar-refractivity contribution in [3.05, 3.63) is 117 Å². The van der Waals surface area contributed by atoms with Gasteiger partial charge in [0.05, 0.1) is 38.4 Å². The number of nitrogens with one attached hydrogen (secondary N) is 2. The molecule has 1 aliphatic carbocycles. The van der Waals surface area contributed by atoms with Crippen molar-refractivity contribution in [2.24, 2.45) is 11.1 Å². The fraction of sp³-hybridized carbons (Fsp3) is 0.500. The van der Waals surface area contributed by atoms with Gasteiger partial charge in [0.2, 0.25) is 5.91 Å². The summed E-state index contributed by atoms with van der Waals surface area (Å²) in [5.41, 5.74) is 14.7. The summed E-state index contributed by atoms with van der Waals surface area (Å²) in [6, 6.07) is 16.1. The molecule has 1 unspecified atom stereocenters. The van der Waals surface area contributed by atoms with E-state index in [1.807, 2.05) is 50.4 Å². The van der Waals surface area contributed by atoms with E-state index in [9.17, 15) is 9.59 Å². The van der Waals surface area contributed by atoms with Crippen molar-refractivity contribution < 1.29 is 33.3 Å². The summed E-state index contributed by atoms with van der Waals surface area (Å²) >= 11 is 0. The van der Waals surface area contributed by atoms with Crippen molar-refractivity contribution in [2.45, 2.75) is 93.1 Å². The number of aryl methyl sites for hydroxylation is 3. The Hall–Kier alpha value is -4.81. The van der Waals surface area contributed by atoms with E-state index in [4.69, 9.17) is 34.4 Å². The third-order valence-electron chi connectivity index (χ3n) is 10.7. The third-order valence-corrected chi connectivity index (χ3v) is 10.7. The Morgan fingerprint density at radius 2 is 1.44 bits per heavy atom. The summed E-state index contributed by atoms with van der Waals surface area (Å²) in [5.74, 6) is 0.697. The molecule has 0 bridgehead atoms. The molecule has 1 aromatic heterocycles. The van der Waals surface area contributed by atoms with Crippen molar-refractivity contribution >= 4 is 23.1 Å². The van der Waals surface area contributed by atoms with Crippen LogP contribution < -0.4 is 31.7 Å². The number of nitrogens with zero attached hydrogens (tertiary/aromatic N) is 1.